The molecule has 2 N–H and O–H groups in total. The number of imide groups is 2. The van der Waals surface area contributed by atoms with Gasteiger partial charge in [-0.25, -0.2) is 9.59 Å². The Hall–Kier alpha value is -3.62. The van der Waals surface area contributed by atoms with Crippen LogP contribution < -0.4 is 14.8 Å². The molecule has 0 aliphatic carbocycles. The molecular formula is C17H16N2O7. The molecule has 1 heterocycles. The number of benzene rings is 1. The minimum atomic E-state index is -1.14. The van der Waals surface area contributed by atoms with Crippen LogP contribution in [-0.4, -0.2) is 54.1 Å². The highest BCUT2D eigenvalue weighted by Crippen LogP contribution is 2.29. The fourth-order valence-electron chi connectivity index (χ4n) is 2.19. The lowest BCUT2D eigenvalue weighted by Gasteiger charge is -2.25. The average molecular weight is 360 g/mol. The lowest BCUT2D eigenvalue weighted by molar-refractivity contribution is -0.139. The van der Waals surface area contributed by atoms with Crippen molar-refractivity contribution in [1.82, 2.24) is 10.2 Å². The van der Waals surface area contributed by atoms with Crippen LogP contribution in [0.5, 0.6) is 11.5 Å². The number of barbiturate groups is 1. The summed E-state index contributed by atoms with van der Waals surface area (Å²) >= 11 is 0. The third-order valence-corrected chi connectivity index (χ3v) is 3.35. The summed E-state index contributed by atoms with van der Waals surface area (Å²) < 4.78 is 10.2. The van der Waals surface area contributed by atoms with Gasteiger partial charge in [-0.1, -0.05) is 12.1 Å². The van der Waals surface area contributed by atoms with Crippen molar-refractivity contribution >= 4 is 29.9 Å². The number of methoxy groups -OCH3 is 1. The van der Waals surface area contributed by atoms with Crippen LogP contribution in [0.3, 0.4) is 0 Å². The molecule has 136 valence electrons. The Bertz CT molecular complexity index is 813. The molecule has 1 fully saturated rings. The molecular weight excluding hydrogens is 344 g/mol. The molecule has 1 aliphatic rings. The molecule has 1 saturated heterocycles. The molecule has 0 saturated carbocycles. The molecule has 0 bridgehead atoms. The number of carbonyl (C=O) groups is 4. The standard InChI is InChI=1S/C17H16N2O7/c1-3-6-19-16(23)11(15(22)18-17(19)24)7-10-4-5-12(13(8-10)25-2)26-9-14(20)21/h3-5,7-8H,1,6,9H2,2H3,(H,20,21)(H,18,22,24)/b11-7-. The highest BCUT2D eigenvalue weighted by Gasteiger charge is 2.34. The summed E-state index contributed by atoms with van der Waals surface area (Å²) in [6.07, 6.45) is 2.66. The first kappa shape index (κ1) is 18.7. The zero-order chi connectivity index (χ0) is 19.3. The SMILES string of the molecule is C=CCN1C(=O)NC(=O)/C(=C/c2ccc(OCC(=O)O)c(OC)c2)C1=O. The molecule has 0 aromatic heterocycles. The van der Waals surface area contributed by atoms with Crippen molar-refractivity contribution < 1.29 is 33.8 Å². The molecule has 9 nitrogen and oxygen atoms in total. The normalized spacial score (nSPS) is 15.7. The molecule has 0 radical (unpaired) electrons. The third kappa shape index (κ3) is 4.07. The fourth-order valence-corrected chi connectivity index (χ4v) is 2.19. The molecule has 0 atom stereocenters. The van der Waals surface area contributed by atoms with Crippen LogP contribution >= 0.6 is 0 Å². The molecule has 1 aliphatic heterocycles. The highest BCUT2D eigenvalue weighted by molar-refractivity contribution is 6.31. The van der Waals surface area contributed by atoms with Crippen molar-refractivity contribution in [3.63, 3.8) is 0 Å². The number of amides is 4. The topological polar surface area (TPSA) is 122 Å². The van der Waals surface area contributed by atoms with E-state index in [2.05, 4.69) is 11.9 Å². The van der Waals surface area contributed by atoms with Gasteiger partial charge >= 0.3 is 12.0 Å². The lowest BCUT2D eigenvalue weighted by Crippen LogP contribution is -2.54. The summed E-state index contributed by atoms with van der Waals surface area (Å²) in [7, 11) is 1.36. The van der Waals surface area contributed by atoms with Gasteiger partial charge in [0, 0.05) is 6.54 Å². The van der Waals surface area contributed by atoms with Crippen LogP contribution in [0.2, 0.25) is 0 Å². The number of carboxylic acid groups (broad SMARTS) is 1. The van der Waals surface area contributed by atoms with E-state index < -0.39 is 30.4 Å². The first-order chi connectivity index (χ1) is 12.4. The second kappa shape index (κ2) is 7.97. The Morgan fingerprint density at radius 1 is 1.31 bits per heavy atom. The van der Waals surface area contributed by atoms with Crippen molar-refractivity contribution in [3.05, 3.63) is 42.0 Å². The summed E-state index contributed by atoms with van der Waals surface area (Å²) in [5.41, 5.74) is 0.198. The van der Waals surface area contributed by atoms with Gasteiger partial charge in [-0.3, -0.25) is 19.8 Å². The fraction of sp³-hybridized carbons (Fsp3) is 0.176. The van der Waals surface area contributed by atoms with Gasteiger partial charge in [-0.15, -0.1) is 6.58 Å². The number of carboxylic acids is 1. The first-order valence-electron chi connectivity index (χ1n) is 7.39. The van der Waals surface area contributed by atoms with Gasteiger partial charge in [0.2, 0.25) is 0 Å². The van der Waals surface area contributed by atoms with Crippen LogP contribution in [0.4, 0.5) is 4.79 Å². The van der Waals surface area contributed by atoms with E-state index in [1.165, 1.54) is 37.5 Å². The van der Waals surface area contributed by atoms with E-state index in [-0.39, 0.29) is 23.6 Å². The Morgan fingerprint density at radius 3 is 2.65 bits per heavy atom. The maximum absolute atomic E-state index is 12.3. The van der Waals surface area contributed by atoms with Gasteiger partial charge in [0.15, 0.2) is 18.1 Å². The minimum absolute atomic E-state index is 0.0411. The van der Waals surface area contributed by atoms with E-state index >= 15 is 0 Å². The average Bonchev–Trinajstić information content (AvgIpc) is 2.60. The number of rotatable bonds is 7. The van der Waals surface area contributed by atoms with E-state index in [9.17, 15) is 19.2 Å². The maximum atomic E-state index is 12.3. The summed E-state index contributed by atoms with van der Waals surface area (Å²) in [5, 5.41) is 10.7. The maximum Gasteiger partial charge on any atom is 0.341 e. The second-order valence-corrected chi connectivity index (χ2v) is 5.11. The summed E-state index contributed by atoms with van der Waals surface area (Å²) in [6.45, 7) is 2.88. The Balaban J connectivity index is 2.33. The lowest BCUT2D eigenvalue weighted by atomic mass is 10.1. The predicted octanol–water partition coefficient (Wildman–Crippen LogP) is 0.806. The summed E-state index contributed by atoms with van der Waals surface area (Å²) in [4.78, 5) is 47.4. The monoisotopic (exact) mass is 360 g/mol. The van der Waals surface area contributed by atoms with Crippen molar-refractivity contribution in [3.8, 4) is 11.5 Å². The summed E-state index contributed by atoms with van der Waals surface area (Å²) in [6, 6.07) is 3.62. The second-order valence-electron chi connectivity index (χ2n) is 5.11. The van der Waals surface area contributed by atoms with Gasteiger partial charge in [0.25, 0.3) is 11.8 Å². The van der Waals surface area contributed by atoms with Gasteiger partial charge in [-0.05, 0) is 23.8 Å². The molecule has 1 aromatic carbocycles. The molecule has 0 unspecified atom stereocenters. The number of aliphatic carboxylic acids is 1. The zero-order valence-electron chi connectivity index (χ0n) is 13.9. The molecule has 26 heavy (non-hydrogen) atoms. The van der Waals surface area contributed by atoms with Crippen LogP contribution in [0.1, 0.15) is 5.56 Å². The van der Waals surface area contributed by atoms with Crippen molar-refractivity contribution in [2.45, 2.75) is 0 Å². The number of hydrogen-bond donors (Lipinski definition) is 2. The van der Waals surface area contributed by atoms with Crippen LogP contribution in [-0.2, 0) is 14.4 Å². The van der Waals surface area contributed by atoms with Crippen molar-refractivity contribution in [1.29, 1.82) is 0 Å². The molecule has 1 aromatic rings. The van der Waals surface area contributed by atoms with E-state index in [1.807, 2.05) is 0 Å². The number of nitrogens with one attached hydrogen (secondary N) is 1. The van der Waals surface area contributed by atoms with Gasteiger partial charge in [0.05, 0.1) is 7.11 Å². The first-order valence-corrected chi connectivity index (χ1v) is 7.39. The van der Waals surface area contributed by atoms with Crippen LogP contribution in [0.25, 0.3) is 6.08 Å². The van der Waals surface area contributed by atoms with Gasteiger partial charge in [0.1, 0.15) is 5.57 Å². The predicted molar refractivity (Wildman–Crippen MR) is 89.6 cm³/mol. The smallest absolute Gasteiger partial charge is 0.341 e. The van der Waals surface area contributed by atoms with Gasteiger partial charge < -0.3 is 14.6 Å². The number of hydrogen-bond acceptors (Lipinski definition) is 6. The number of carbonyl (C=O) groups excluding carboxylic acids is 3. The number of ether oxygens (including phenoxy) is 2. The number of nitrogens with zero attached hydrogens (tertiary/aromatic N) is 1. The van der Waals surface area contributed by atoms with E-state index in [0.29, 0.717) is 5.56 Å². The van der Waals surface area contributed by atoms with Crippen LogP contribution in [0.15, 0.2) is 36.4 Å². The Kier molecular flexibility index (Phi) is 5.74. The zero-order valence-corrected chi connectivity index (χ0v) is 13.9. The van der Waals surface area contributed by atoms with E-state index in [0.717, 1.165) is 4.90 Å². The quantitative estimate of drug-likeness (QED) is 0.419. The minimum Gasteiger partial charge on any atom is -0.493 e. The van der Waals surface area contributed by atoms with E-state index in [4.69, 9.17) is 14.6 Å². The summed E-state index contributed by atoms with van der Waals surface area (Å²) in [5.74, 6) is -2.28. The molecule has 4 amide bonds. The molecule has 0 spiro atoms. The van der Waals surface area contributed by atoms with E-state index in [1.54, 1.807) is 0 Å². The van der Waals surface area contributed by atoms with Crippen LogP contribution in [0, 0.1) is 0 Å². The van der Waals surface area contributed by atoms with Gasteiger partial charge in [-0.2, -0.15) is 0 Å². The number of urea groups is 1. The highest BCUT2D eigenvalue weighted by atomic mass is 16.5. The third-order valence-electron chi connectivity index (χ3n) is 3.35. The Morgan fingerprint density at radius 2 is 2.04 bits per heavy atom. The van der Waals surface area contributed by atoms with Crippen molar-refractivity contribution in [2.75, 3.05) is 20.3 Å². The van der Waals surface area contributed by atoms with Crippen molar-refractivity contribution in [2.24, 2.45) is 0 Å². The molecule has 9 heteroatoms. The largest absolute Gasteiger partial charge is 0.493 e. The Labute approximate surface area is 148 Å². The molecule has 2 rings (SSSR count).